The van der Waals surface area contributed by atoms with Gasteiger partial charge in [0.2, 0.25) is 5.91 Å². The summed E-state index contributed by atoms with van der Waals surface area (Å²) >= 11 is 0. The minimum Gasteiger partial charge on any atom is -0.389 e. The van der Waals surface area contributed by atoms with E-state index in [0.717, 1.165) is 6.54 Å². The standard InChI is InChI=1S/C9H20N2O2/c1-5-11(6-8(12)10-4)7-9(2,3)13/h13H,5-7H2,1-4H3,(H,10,12). The molecule has 0 saturated heterocycles. The van der Waals surface area contributed by atoms with Gasteiger partial charge < -0.3 is 10.4 Å². The van der Waals surface area contributed by atoms with Crippen LogP contribution >= 0.6 is 0 Å². The van der Waals surface area contributed by atoms with Gasteiger partial charge in [0.1, 0.15) is 0 Å². The molecule has 13 heavy (non-hydrogen) atoms. The molecule has 0 aromatic carbocycles. The summed E-state index contributed by atoms with van der Waals surface area (Å²) in [6.45, 7) is 7.05. The first-order valence-corrected chi connectivity index (χ1v) is 4.54. The molecule has 4 nitrogen and oxygen atoms in total. The second-order valence-corrected chi connectivity index (χ2v) is 3.79. The third-order valence-corrected chi connectivity index (χ3v) is 1.70. The van der Waals surface area contributed by atoms with Crippen LogP contribution in [0, 0.1) is 0 Å². The van der Waals surface area contributed by atoms with E-state index >= 15 is 0 Å². The van der Waals surface area contributed by atoms with Crippen molar-refractivity contribution in [2.75, 3.05) is 26.7 Å². The van der Waals surface area contributed by atoms with E-state index in [1.54, 1.807) is 20.9 Å². The number of rotatable bonds is 5. The number of amides is 1. The molecule has 4 heteroatoms. The summed E-state index contributed by atoms with van der Waals surface area (Å²) in [6, 6.07) is 0. The molecule has 0 fully saturated rings. The quantitative estimate of drug-likeness (QED) is 0.629. The van der Waals surface area contributed by atoms with E-state index in [4.69, 9.17) is 0 Å². The molecule has 0 bridgehead atoms. The van der Waals surface area contributed by atoms with Gasteiger partial charge in [-0.3, -0.25) is 9.69 Å². The number of carbonyl (C=O) groups is 1. The van der Waals surface area contributed by atoms with Crippen LogP contribution in [0.1, 0.15) is 20.8 Å². The van der Waals surface area contributed by atoms with Gasteiger partial charge in [-0.05, 0) is 20.4 Å². The molecule has 0 atom stereocenters. The van der Waals surface area contributed by atoms with Gasteiger partial charge in [-0.1, -0.05) is 6.92 Å². The smallest absolute Gasteiger partial charge is 0.233 e. The lowest BCUT2D eigenvalue weighted by molar-refractivity contribution is -0.122. The second-order valence-electron chi connectivity index (χ2n) is 3.79. The first-order valence-electron chi connectivity index (χ1n) is 4.54. The maximum Gasteiger partial charge on any atom is 0.233 e. The van der Waals surface area contributed by atoms with Crippen molar-refractivity contribution in [3.63, 3.8) is 0 Å². The highest BCUT2D eigenvalue weighted by atomic mass is 16.3. The first kappa shape index (κ1) is 12.4. The normalized spacial score (nSPS) is 11.8. The van der Waals surface area contributed by atoms with Crippen molar-refractivity contribution < 1.29 is 9.90 Å². The predicted molar refractivity (Wildman–Crippen MR) is 52.5 cm³/mol. The summed E-state index contributed by atoms with van der Waals surface area (Å²) in [5, 5.41) is 12.1. The lowest BCUT2D eigenvalue weighted by Gasteiger charge is -2.27. The topological polar surface area (TPSA) is 52.6 Å². The minimum absolute atomic E-state index is 0.0221. The van der Waals surface area contributed by atoms with Gasteiger partial charge in [-0.25, -0.2) is 0 Å². The fourth-order valence-corrected chi connectivity index (χ4v) is 1.11. The fourth-order valence-electron chi connectivity index (χ4n) is 1.11. The first-order chi connectivity index (χ1) is 5.89. The van der Waals surface area contributed by atoms with Crippen molar-refractivity contribution in [1.82, 2.24) is 10.2 Å². The van der Waals surface area contributed by atoms with Crippen LogP contribution in [0.5, 0.6) is 0 Å². The number of hydrogen-bond donors (Lipinski definition) is 2. The summed E-state index contributed by atoms with van der Waals surface area (Å²) in [5.41, 5.74) is -0.746. The van der Waals surface area contributed by atoms with Crippen LogP contribution in [-0.2, 0) is 4.79 Å². The summed E-state index contributed by atoms with van der Waals surface area (Å²) in [7, 11) is 1.61. The van der Waals surface area contributed by atoms with Crippen LogP contribution in [0.15, 0.2) is 0 Å². The Labute approximate surface area is 79.9 Å². The van der Waals surface area contributed by atoms with E-state index < -0.39 is 5.60 Å². The van der Waals surface area contributed by atoms with E-state index in [9.17, 15) is 9.90 Å². The Balaban J connectivity index is 3.97. The number of nitrogens with zero attached hydrogens (tertiary/aromatic N) is 1. The summed E-state index contributed by atoms with van der Waals surface area (Å²) < 4.78 is 0. The van der Waals surface area contributed by atoms with Gasteiger partial charge >= 0.3 is 0 Å². The van der Waals surface area contributed by atoms with Crippen molar-refractivity contribution in [2.45, 2.75) is 26.4 Å². The van der Waals surface area contributed by atoms with E-state index in [1.165, 1.54) is 0 Å². The van der Waals surface area contributed by atoms with Gasteiger partial charge in [0.15, 0.2) is 0 Å². The fraction of sp³-hybridized carbons (Fsp3) is 0.889. The molecule has 0 aromatic heterocycles. The van der Waals surface area contributed by atoms with Crippen molar-refractivity contribution >= 4 is 5.91 Å². The number of aliphatic hydroxyl groups is 1. The zero-order valence-corrected chi connectivity index (χ0v) is 8.92. The third-order valence-electron chi connectivity index (χ3n) is 1.70. The summed E-state index contributed by atoms with van der Waals surface area (Å²) in [6.07, 6.45) is 0. The molecule has 0 aliphatic carbocycles. The maximum absolute atomic E-state index is 11.0. The molecule has 78 valence electrons. The molecular formula is C9H20N2O2. The van der Waals surface area contributed by atoms with Gasteiger partial charge in [0.05, 0.1) is 12.1 Å². The largest absolute Gasteiger partial charge is 0.389 e. The molecule has 0 aliphatic heterocycles. The molecule has 1 amide bonds. The average Bonchev–Trinajstić information content (AvgIpc) is 2.00. The Hall–Kier alpha value is -0.610. The summed E-state index contributed by atoms with van der Waals surface area (Å²) in [4.78, 5) is 12.9. The van der Waals surface area contributed by atoms with E-state index in [1.807, 2.05) is 11.8 Å². The van der Waals surface area contributed by atoms with Gasteiger partial charge in [0.25, 0.3) is 0 Å². The van der Waals surface area contributed by atoms with Crippen LogP contribution in [0.2, 0.25) is 0 Å². The van der Waals surface area contributed by atoms with Gasteiger partial charge in [0, 0.05) is 13.6 Å². The molecule has 2 N–H and O–H groups in total. The SMILES string of the molecule is CCN(CC(=O)NC)CC(C)(C)O. The second kappa shape index (κ2) is 5.19. The van der Waals surface area contributed by atoms with Gasteiger partial charge in [-0.2, -0.15) is 0 Å². The highest BCUT2D eigenvalue weighted by Crippen LogP contribution is 2.03. The number of likely N-dealkylation sites (N-methyl/N-ethyl adjacent to an activating group) is 2. The van der Waals surface area contributed by atoms with E-state index in [0.29, 0.717) is 13.1 Å². The maximum atomic E-state index is 11.0. The Bertz CT molecular complexity index is 163. The summed E-state index contributed by atoms with van der Waals surface area (Å²) in [5.74, 6) is -0.0221. The lowest BCUT2D eigenvalue weighted by Crippen LogP contribution is -2.43. The Morgan fingerprint density at radius 2 is 2.08 bits per heavy atom. The van der Waals surface area contributed by atoms with Crippen molar-refractivity contribution in [1.29, 1.82) is 0 Å². The predicted octanol–water partition coefficient (Wildman–Crippen LogP) is -0.175. The molecule has 0 aliphatic rings. The van der Waals surface area contributed by atoms with Crippen LogP contribution in [-0.4, -0.2) is 48.2 Å². The van der Waals surface area contributed by atoms with Crippen molar-refractivity contribution in [3.05, 3.63) is 0 Å². The third kappa shape index (κ3) is 6.54. The Morgan fingerprint density at radius 3 is 2.38 bits per heavy atom. The molecule has 0 saturated carbocycles. The van der Waals surface area contributed by atoms with Crippen molar-refractivity contribution in [3.8, 4) is 0 Å². The van der Waals surface area contributed by atoms with Crippen LogP contribution in [0.25, 0.3) is 0 Å². The number of carbonyl (C=O) groups excluding carboxylic acids is 1. The molecule has 0 aromatic rings. The molecule has 0 rings (SSSR count). The van der Waals surface area contributed by atoms with E-state index in [2.05, 4.69) is 5.32 Å². The zero-order chi connectivity index (χ0) is 10.5. The van der Waals surface area contributed by atoms with E-state index in [-0.39, 0.29) is 5.91 Å². The monoisotopic (exact) mass is 188 g/mol. The molecule has 0 heterocycles. The molecular weight excluding hydrogens is 168 g/mol. The zero-order valence-electron chi connectivity index (χ0n) is 8.92. The Kier molecular flexibility index (Phi) is 4.95. The molecule has 0 radical (unpaired) electrons. The molecule has 0 unspecified atom stereocenters. The van der Waals surface area contributed by atoms with Gasteiger partial charge in [-0.15, -0.1) is 0 Å². The number of nitrogens with one attached hydrogen (secondary N) is 1. The Morgan fingerprint density at radius 1 is 1.54 bits per heavy atom. The van der Waals surface area contributed by atoms with Crippen LogP contribution in [0.3, 0.4) is 0 Å². The highest BCUT2D eigenvalue weighted by molar-refractivity contribution is 5.77. The lowest BCUT2D eigenvalue weighted by atomic mass is 10.1. The average molecular weight is 188 g/mol. The molecule has 0 spiro atoms. The van der Waals surface area contributed by atoms with Crippen molar-refractivity contribution in [2.24, 2.45) is 0 Å². The highest BCUT2D eigenvalue weighted by Gasteiger charge is 2.18. The number of hydrogen-bond acceptors (Lipinski definition) is 3. The minimum atomic E-state index is -0.746. The van der Waals surface area contributed by atoms with Crippen LogP contribution < -0.4 is 5.32 Å². The van der Waals surface area contributed by atoms with Crippen LogP contribution in [0.4, 0.5) is 0 Å².